The van der Waals surface area contributed by atoms with E-state index in [0.717, 1.165) is 16.6 Å². The molecule has 22 heavy (non-hydrogen) atoms. The average molecular weight is 289 g/mol. The standard InChI is InChI=1S/C18H15N3O/c1-12-7-3-4-8-13(12)17(22)14(11-19)18-20-15-9-5-6-10-16(15)21(18)2/h3-10,22H,1-2H3/b17-14-. The number of fused-ring (bicyclic) bond motifs is 1. The van der Waals surface area contributed by atoms with Crippen LogP contribution in [0, 0.1) is 18.3 Å². The van der Waals surface area contributed by atoms with Gasteiger partial charge in [0.05, 0.1) is 11.0 Å². The Morgan fingerprint density at radius 3 is 2.50 bits per heavy atom. The summed E-state index contributed by atoms with van der Waals surface area (Å²) in [4.78, 5) is 4.48. The van der Waals surface area contributed by atoms with Crippen LogP contribution in [0.15, 0.2) is 48.5 Å². The Morgan fingerprint density at radius 2 is 1.82 bits per heavy atom. The minimum atomic E-state index is -0.0426. The molecule has 0 fully saturated rings. The van der Waals surface area contributed by atoms with E-state index in [0.29, 0.717) is 11.4 Å². The molecule has 4 heteroatoms. The number of hydrogen-bond acceptors (Lipinski definition) is 3. The second-order valence-electron chi connectivity index (χ2n) is 5.13. The normalized spacial score (nSPS) is 12.0. The van der Waals surface area contributed by atoms with Gasteiger partial charge in [0.1, 0.15) is 17.4 Å². The van der Waals surface area contributed by atoms with Gasteiger partial charge in [0.25, 0.3) is 0 Å². The first kappa shape index (κ1) is 13.9. The molecule has 108 valence electrons. The zero-order chi connectivity index (χ0) is 15.7. The van der Waals surface area contributed by atoms with Gasteiger partial charge < -0.3 is 9.67 Å². The van der Waals surface area contributed by atoms with E-state index < -0.39 is 0 Å². The van der Waals surface area contributed by atoms with Crippen molar-refractivity contribution in [2.24, 2.45) is 7.05 Å². The number of aliphatic hydroxyl groups excluding tert-OH is 1. The molecule has 3 rings (SSSR count). The van der Waals surface area contributed by atoms with Crippen LogP contribution in [-0.4, -0.2) is 14.7 Å². The summed E-state index contributed by atoms with van der Waals surface area (Å²) in [5.74, 6) is 0.420. The molecule has 0 aliphatic carbocycles. The van der Waals surface area contributed by atoms with Crippen molar-refractivity contribution >= 4 is 22.4 Å². The van der Waals surface area contributed by atoms with Gasteiger partial charge in [-0.05, 0) is 24.6 Å². The lowest BCUT2D eigenvalue weighted by Crippen LogP contribution is -2.00. The fourth-order valence-corrected chi connectivity index (χ4v) is 2.55. The van der Waals surface area contributed by atoms with Gasteiger partial charge in [0.2, 0.25) is 0 Å². The Balaban J connectivity index is 2.27. The highest BCUT2D eigenvalue weighted by Crippen LogP contribution is 2.27. The molecule has 0 unspecified atom stereocenters. The number of rotatable bonds is 2. The van der Waals surface area contributed by atoms with Crippen LogP contribution in [-0.2, 0) is 7.05 Å². The second kappa shape index (κ2) is 5.38. The summed E-state index contributed by atoms with van der Waals surface area (Å²) >= 11 is 0. The molecule has 1 aromatic heterocycles. The van der Waals surface area contributed by atoms with Crippen molar-refractivity contribution in [3.05, 3.63) is 65.5 Å². The first-order chi connectivity index (χ1) is 10.6. The Hall–Kier alpha value is -3.06. The lowest BCUT2D eigenvalue weighted by atomic mass is 10.0. The lowest BCUT2D eigenvalue weighted by molar-refractivity contribution is 0.513. The number of aliphatic hydroxyl groups is 1. The second-order valence-corrected chi connectivity index (χ2v) is 5.13. The number of nitriles is 1. The third-order valence-electron chi connectivity index (χ3n) is 3.76. The van der Waals surface area contributed by atoms with Crippen molar-refractivity contribution in [1.82, 2.24) is 9.55 Å². The molecule has 0 saturated heterocycles. The third-order valence-corrected chi connectivity index (χ3v) is 3.76. The predicted octanol–water partition coefficient (Wildman–Crippen LogP) is 3.83. The van der Waals surface area contributed by atoms with E-state index in [1.54, 1.807) is 6.07 Å². The van der Waals surface area contributed by atoms with Gasteiger partial charge in [0.15, 0.2) is 5.82 Å². The topological polar surface area (TPSA) is 61.8 Å². The van der Waals surface area contributed by atoms with Crippen LogP contribution in [0.1, 0.15) is 17.0 Å². The molecule has 0 bridgehead atoms. The predicted molar refractivity (Wildman–Crippen MR) is 86.9 cm³/mol. The molecular weight excluding hydrogens is 274 g/mol. The van der Waals surface area contributed by atoms with E-state index in [-0.39, 0.29) is 11.3 Å². The van der Waals surface area contributed by atoms with E-state index in [1.165, 1.54) is 0 Å². The lowest BCUT2D eigenvalue weighted by Gasteiger charge is -2.07. The van der Waals surface area contributed by atoms with Gasteiger partial charge in [-0.1, -0.05) is 36.4 Å². The quantitative estimate of drug-likeness (QED) is 0.576. The summed E-state index contributed by atoms with van der Waals surface area (Å²) in [5.41, 5.74) is 3.44. The highest BCUT2D eigenvalue weighted by Gasteiger charge is 2.18. The molecule has 0 radical (unpaired) electrons. The van der Waals surface area contributed by atoms with Gasteiger partial charge in [-0.15, -0.1) is 0 Å². The minimum Gasteiger partial charge on any atom is -0.506 e. The van der Waals surface area contributed by atoms with E-state index in [4.69, 9.17) is 0 Å². The molecule has 0 saturated carbocycles. The number of benzene rings is 2. The van der Waals surface area contributed by atoms with Gasteiger partial charge in [-0.25, -0.2) is 4.98 Å². The molecule has 0 amide bonds. The Labute approximate surface area is 128 Å². The number of allylic oxidation sites excluding steroid dienone is 1. The molecule has 1 heterocycles. The van der Waals surface area contributed by atoms with Crippen LogP contribution in [0.25, 0.3) is 22.4 Å². The Morgan fingerprint density at radius 1 is 1.14 bits per heavy atom. The summed E-state index contributed by atoms with van der Waals surface area (Å²) in [5, 5.41) is 20.1. The van der Waals surface area contributed by atoms with Crippen LogP contribution in [0.3, 0.4) is 0 Å². The molecule has 0 spiro atoms. The summed E-state index contributed by atoms with van der Waals surface area (Å²) in [7, 11) is 1.84. The minimum absolute atomic E-state index is 0.0426. The smallest absolute Gasteiger partial charge is 0.155 e. The van der Waals surface area contributed by atoms with Crippen LogP contribution in [0.4, 0.5) is 0 Å². The van der Waals surface area contributed by atoms with Gasteiger partial charge in [-0.3, -0.25) is 0 Å². The summed E-state index contributed by atoms with van der Waals surface area (Å²) in [6, 6.07) is 17.2. The fourth-order valence-electron chi connectivity index (χ4n) is 2.55. The number of aryl methyl sites for hydroxylation is 2. The van der Waals surface area contributed by atoms with E-state index in [2.05, 4.69) is 11.1 Å². The summed E-state index contributed by atoms with van der Waals surface area (Å²) in [6.45, 7) is 1.90. The van der Waals surface area contributed by atoms with Crippen molar-refractivity contribution < 1.29 is 5.11 Å². The van der Waals surface area contributed by atoms with E-state index in [1.807, 2.05) is 61.0 Å². The maximum atomic E-state index is 10.6. The van der Waals surface area contributed by atoms with Crippen LogP contribution >= 0.6 is 0 Å². The van der Waals surface area contributed by atoms with Crippen molar-refractivity contribution in [1.29, 1.82) is 5.26 Å². The van der Waals surface area contributed by atoms with Crippen molar-refractivity contribution in [3.63, 3.8) is 0 Å². The van der Waals surface area contributed by atoms with Crippen molar-refractivity contribution in [3.8, 4) is 6.07 Å². The van der Waals surface area contributed by atoms with Crippen molar-refractivity contribution in [2.75, 3.05) is 0 Å². The molecule has 4 nitrogen and oxygen atoms in total. The average Bonchev–Trinajstić information content (AvgIpc) is 2.86. The first-order valence-electron chi connectivity index (χ1n) is 6.94. The molecule has 1 N–H and O–H groups in total. The Bertz CT molecular complexity index is 929. The van der Waals surface area contributed by atoms with Gasteiger partial charge in [0, 0.05) is 12.6 Å². The molecule has 3 aromatic rings. The highest BCUT2D eigenvalue weighted by molar-refractivity contribution is 5.95. The SMILES string of the molecule is Cc1ccccc1/C(O)=C(\C#N)c1nc2ccccc2n1C. The molecular formula is C18H15N3O. The van der Waals surface area contributed by atoms with Gasteiger partial charge in [-0.2, -0.15) is 5.26 Å². The summed E-state index contributed by atoms with van der Waals surface area (Å²) in [6.07, 6.45) is 0. The molecule has 0 aliphatic rings. The Kier molecular flexibility index (Phi) is 3.40. The maximum absolute atomic E-state index is 10.6. The number of aromatic nitrogens is 2. The van der Waals surface area contributed by atoms with Crippen LogP contribution in [0.2, 0.25) is 0 Å². The molecule has 0 atom stereocenters. The summed E-state index contributed by atoms with van der Waals surface area (Å²) < 4.78 is 1.82. The zero-order valence-electron chi connectivity index (χ0n) is 12.4. The number of nitrogens with zero attached hydrogens (tertiary/aromatic N) is 3. The molecule has 2 aromatic carbocycles. The van der Waals surface area contributed by atoms with Crippen LogP contribution in [0.5, 0.6) is 0 Å². The maximum Gasteiger partial charge on any atom is 0.155 e. The highest BCUT2D eigenvalue weighted by atomic mass is 16.3. The van der Waals surface area contributed by atoms with E-state index >= 15 is 0 Å². The van der Waals surface area contributed by atoms with Crippen LogP contribution < -0.4 is 0 Å². The monoisotopic (exact) mass is 289 g/mol. The number of hydrogen-bond donors (Lipinski definition) is 1. The number of para-hydroxylation sites is 2. The largest absolute Gasteiger partial charge is 0.506 e. The third kappa shape index (κ3) is 2.13. The van der Waals surface area contributed by atoms with Crippen molar-refractivity contribution in [2.45, 2.75) is 6.92 Å². The number of imidazole rings is 1. The van der Waals surface area contributed by atoms with E-state index in [9.17, 15) is 10.4 Å². The fraction of sp³-hybridized carbons (Fsp3) is 0.111. The van der Waals surface area contributed by atoms with Gasteiger partial charge >= 0.3 is 0 Å². The molecule has 0 aliphatic heterocycles. The zero-order valence-corrected chi connectivity index (χ0v) is 12.4. The first-order valence-corrected chi connectivity index (χ1v) is 6.94.